The van der Waals surface area contributed by atoms with E-state index >= 15 is 0 Å². The summed E-state index contributed by atoms with van der Waals surface area (Å²) in [5.41, 5.74) is 1.06. The molecule has 0 saturated heterocycles. The van der Waals surface area contributed by atoms with E-state index in [1.807, 2.05) is 24.3 Å². The van der Waals surface area contributed by atoms with Crippen molar-refractivity contribution in [3.05, 3.63) is 29.8 Å². The van der Waals surface area contributed by atoms with E-state index in [4.69, 9.17) is 16.3 Å². The van der Waals surface area contributed by atoms with Crippen molar-refractivity contribution >= 4 is 17.4 Å². The molecule has 2 nitrogen and oxygen atoms in total. The van der Waals surface area contributed by atoms with Crippen molar-refractivity contribution in [1.82, 2.24) is 0 Å². The molecule has 3 heteroatoms. The Morgan fingerprint density at radius 2 is 1.94 bits per heavy atom. The Morgan fingerprint density at radius 1 is 1.28 bits per heavy atom. The first kappa shape index (κ1) is 15.0. The minimum absolute atomic E-state index is 0.0107. The van der Waals surface area contributed by atoms with Crippen LogP contribution < -0.4 is 4.74 Å². The van der Waals surface area contributed by atoms with Crippen LogP contribution in [0.25, 0.3) is 0 Å². The second-order valence-electron chi connectivity index (χ2n) is 4.48. The van der Waals surface area contributed by atoms with Gasteiger partial charge in [0.05, 0.1) is 12.0 Å². The molecule has 0 spiro atoms. The van der Waals surface area contributed by atoms with Gasteiger partial charge < -0.3 is 4.74 Å². The van der Waals surface area contributed by atoms with E-state index in [-0.39, 0.29) is 5.78 Å². The first-order valence-electron chi connectivity index (χ1n) is 6.49. The fourth-order valence-electron chi connectivity index (χ4n) is 1.61. The van der Waals surface area contributed by atoms with Gasteiger partial charge in [-0.25, -0.2) is 0 Å². The highest BCUT2D eigenvalue weighted by atomic mass is 35.5. The van der Waals surface area contributed by atoms with E-state index in [0.29, 0.717) is 6.42 Å². The summed E-state index contributed by atoms with van der Waals surface area (Å²) in [6.45, 7) is 4.45. The number of ketones is 1. The molecule has 18 heavy (non-hydrogen) atoms. The highest BCUT2D eigenvalue weighted by Gasteiger charge is 2.10. The van der Waals surface area contributed by atoms with Crippen molar-refractivity contribution in [2.45, 2.75) is 44.9 Å². The molecule has 0 fully saturated rings. The first-order valence-corrected chi connectivity index (χ1v) is 6.93. The van der Waals surface area contributed by atoms with Gasteiger partial charge in [0.25, 0.3) is 0 Å². The van der Waals surface area contributed by atoms with Crippen LogP contribution in [-0.2, 0) is 11.2 Å². The zero-order valence-electron chi connectivity index (χ0n) is 11.1. The Bertz CT molecular complexity index is 359. The summed E-state index contributed by atoms with van der Waals surface area (Å²) in [6, 6.07) is 7.80. The van der Waals surface area contributed by atoms with E-state index in [1.54, 1.807) is 0 Å². The van der Waals surface area contributed by atoms with Crippen LogP contribution in [0, 0.1) is 0 Å². The second-order valence-corrected chi connectivity index (χ2v) is 5.01. The number of ether oxygens (including phenoxy) is 1. The van der Waals surface area contributed by atoms with Gasteiger partial charge in [-0.1, -0.05) is 31.9 Å². The number of alkyl halides is 1. The van der Waals surface area contributed by atoms with E-state index in [9.17, 15) is 4.79 Å². The number of halogens is 1. The van der Waals surface area contributed by atoms with Gasteiger partial charge in [0.1, 0.15) is 11.5 Å². The van der Waals surface area contributed by atoms with Gasteiger partial charge in [-0.2, -0.15) is 0 Å². The molecule has 100 valence electrons. The largest absolute Gasteiger partial charge is 0.494 e. The van der Waals surface area contributed by atoms with Crippen LogP contribution in [0.1, 0.15) is 38.7 Å². The van der Waals surface area contributed by atoms with Gasteiger partial charge >= 0.3 is 0 Å². The lowest BCUT2D eigenvalue weighted by molar-refractivity contribution is -0.116. The summed E-state index contributed by atoms with van der Waals surface area (Å²) < 4.78 is 5.62. The second kappa shape index (κ2) is 8.15. The minimum Gasteiger partial charge on any atom is -0.494 e. The highest BCUT2D eigenvalue weighted by Crippen LogP contribution is 2.15. The lowest BCUT2D eigenvalue weighted by atomic mass is 10.1. The number of hydrogen-bond acceptors (Lipinski definition) is 2. The zero-order chi connectivity index (χ0) is 13.4. The SMILES string of the molecule is CCCCCOc1ccc(CC(Cl)C(C)=O)cc1. The lowest BCUT2D eigenvalue weighted by Crippen LogP contribution is -2.13. The summed E-state index contributed by atoms with van der Waals surface area (Å²) >= 11 is 5.93. The van der Waals surface area contributed by atoms with E-state index in [0.717, 1.165) is 24.3 Å². The maximum atomic E-state index is 11.1. The van der Waals surface area contributed by atoms with Crippen LogP contribution in [0.15, 0.2) is 24.3 Å². The Morgan fingerprint density at radius 3 is 2.50 bits per heavy atom. The number of hydrogen-bond donors (Lipinski definition) is 0. The van der Waals surface area contributed by atoms with Gasteiger partial charge in [-0.15, -0.1) is 11.6 Å². The van der Waals surface area contributed by atoms with Crippen molar-refractivity contribution < 1.29 is 9.53 Å². The molecule has 0 saturated carbocycles. The van der Waals surface area contributed by atoms with Gasteiger partial charge in [-0.3, -0.25) is 4.79 Å². The fourth-order valence-corrected chi connectivity index (χ4v) is 1.79. The predicted molar refractivity (Wildman–Crippen MR) is 75.5 cm³/mol. The molecule has 0 N–H and O–H groups in total. The molecular formula is C15H21ClO2. The highest BCUT2D eigenvalue weighted by molar-refractivity contribution is 6.30. The van der Waals surface area contributed by atoms with Crippen LogP contribution in [0.4, 0.5) is 0 Å². The Hall–Kier alpha value is -1.02. The zero-order valence-corrected chi connectivity index (χ0v) is 11.9. The number of carbonyl (C=O) groups is 1. The predicted octanol–water partition coefficient (Wildman–Crippen LogP) is 3.99. The summed E-state index contributed by atoms with van der Waals surface area (Å²) in [5, 5.41) is -0.429. The first-order chi connectivity index (χ1) is 8.63. The average Bonchev–Trinajstić information content (AvgIpc) is 2.36. The number of rotatable bonds is 8. The van der Waals surface area contributed by atoms with E-state index in [1.165, 1.54) is 19.8 Å². The van der Waals surface area contributed by atoms with Crippen LogP contribution in [-0.4, -0.2) is 17.8 Å². The molecule has 1 aromatic carbocycles. The Kier molecular flexibility index (Phi) is 6.81. The molecule has 0 bridgehead atoms. The standard InChI is InChI=1S/C15H21ClO2/c1-3-4-5-10-18-14-8-6-13(7-9-14)11-15(16)12(2)17/h6-9,15H,3-5,10-11H2,1-2H3. The molecule has 0 aliphatic rings. The quantitative estimate of drug-likeness (QED) is 0.526. The van der Waals surface area contributed by atoms with Gasteiger partial charge in [0.15, 0.2) is 0 Å². The van der Waals surface area contributed by atoms with Crippen molar-refractivity contribution in [2.24, 2.45) is 0 Å². The average molecular weight is 269 g/mol. The molecule has 0 aromatic heterocycles. The molecule has 0 radical (unpaired) electrons. The van der Waals surface area contributed by atoms with Crippen molar-refractivity contribution in [3.8, 4) is 5.75 Å². The molecule has 0 heterocycles. The summed E-state index contributed by atoms with van der Waals surface area (Å²) in [7, 11) is 0. The summed E-state index contributed by atoms with van der Waals surface area (Å²) in [6.07, 6.45) is 4.06. The third-order valence-electron chi connectivity index (χ3n) is 2.80. The monoisotopic (exact) mass is 268 g/mol. The van der Waals surface area contributed by atoms with E-state index in [2.05, 4.69) is 6.92 Å². The Balaban J connectivity index is 2.40. The molecule has 1 aromatic rings. The van der Waals surface area contributed by atoms with Crippen LogP contribution in [0.2, 0.25) is 0 Å². The summed E-state index contributed by atoms with van der Waals surface area (Å²) in [5.74, 6) is 0.889. The van der Waals surface area contributed by atoms with E-state index < -0.39 is 5.38 Å². The van der Waals surface area contributed by atoms with Crippen LogP contribution >= 0.6 is 11.6 Å². The number of Topliss-reactive ketones (excluding diaryl/α,β-unsaturated/α-hetero) is 1. The number of benzene rings is 1. The van der Waals surface area contributed by atoms with Crippen molar-refractivity contribution in [2.75, 3.05) is 6.61 Å². The molecule has 0 amide bonds. The van der Waals surface area contributed by atoms with Gasteiger partial charge in [-0.05, 0) is 37.5 Å². The van der Waals surface area contributed by atoms with Gasteiger partial charge in [0.2, 0.25) is 0 Å². The minimum atomic E-state index is -0.429. The molecule has 1 rings (SSSR count). The summed E-state index contributed by atoms with van der Waals surface area (Å²) in [4.78, 5) is 11.1. The molecule has 1 atom stereocenters. The van der Waals surface area contributed by atoms with Crippen molar-refractivity contribution in [3.63, 3.8) is 0 Å². The topological polar surface area (TPSA) is 26.3 Å². The maximum absolute atomic E-state index is 11.1. The third-order valence-corrected chi connectivity index (χ3v) is 3.26. The van der Waals surface area contributed by atoms with Crippen molar-refractivity contribution in [1.29, 1.82) is 0 Å². The maximum Gasteiger partial charge on any atom is 0.147 e. The molecule has 0 aliphatic heterocycles. The van der Waals surface area contributed by atoms with Gasteiger partial charge in [0, 0.05) is 0 Å². The lowest BCUT2D eigenvalue weighted by Gasteiger charge is -2.08. The Labute approximate surface area is 114 Å². The van der Waals surface area contributed by atoms with Crippen LogP contribution in [0.3, 0.4) is 0 Å². The fraction of sp³-hybridized carbons (Fsp3) is 0.533. The molecule has 0 aliphatic carbocycles. The molecular weight excluding hydrogens is 248 g/mol. The number of unbranched alkanes of at least 4 members (excludes halogenated alkanes) is 2. The smallest absolute Gasteiger partial charge is 0.147 e. The number of carbonyl (C=O) groups excluding carboxylic acids is 1. The normalized spacial score (nSPS) is 12.2. The molecule has 1 unspecified atom stereocenters. The third kappa shape index (κ3) is 5.54. The van der Waals surface area contributed by atoms with Crippen LogP contribution in [0.5, 0.6) is 5.75 Å².